The fraction of sp³-hybridized carbons (Fsp3) is 0.250. The third kappa shape index (κ3) is 7.91. The summed E-state index contributed by atoms with van der Waals surface area (Å²) < 4.78 is 11.4. The zero-order valence-electron chi connectivity index (χ0n) is 37.7. The van der Waals surface area contributed by atoms with Crippen LogP contribution in [0.5, 0.6) is 5.75 Å². The quantitative estimate of drug-likeness (QED) is 0.158. The van der Waals surface area contributed by atoms with Gasteiger partial charge in [-0.05, 0) is 129 Å². The molecule has 2 heterocycles. The van der Waals surface area contributed by atoms with Crippen molar-refractivity contribution in [2.24, 2.45) is 0 Å². The molecule has 0 fully saturated rings. The lowest BCUT2D eigenvalue weighted by atomic mass is 9.83. The molecular formula is C56H57N3O. The summed E-state index contributed by atoms with van der Waals surface area (Å²) in [6, 6.07) is 47.2. The predicted molar refractivity (Wildman–Crippen MR) is 253 cm³/mol. The second-order valence-electron chi connectivity index (χ2n) is 18.2. The molecule has 8 aromatic rings. The van der Waals surface area contributed by atoms with Crippen LogP contribution in [0, 0.1) is 6.92 Å². The van der Waals surface area contributed by atoms with Gasteiger partial charge in [-0.15, -0.1) is 0 Å². The third-order valence-electron chi connectivity index (χ3n) is 11.8. The van der Waals surface area contributed by atoms with Crippen molar-refractivity contribution in [2.45, 2.75) is 92.4 Å². The smallest absolute Gasteiger partial charge is 0.149 e. The molecule has 0 unspecified atom stereocenters. The number of aromatic hydroxyl groups is 1. The number of phenolic OH excluding ortho intramolecular Hbond substituents is 1. The van der Waals surface area contributed by atoms with Gasteiger partial charge in [-0.2, -0.15) is 0 Å². The maximum absolute atomic E-state index is 12.2. The van der Waals surface area contributed by atoms with Gasteiger partial charge in [-0.3, -0.25) is 9.55 Å². The summed E-state index contributed by atoms with van der Waals surface area (Å²) in [4.78, 5) is 10.5. The summed E-state index contributed by atoms with van der Waals surface area (Å²) in [6.07, 6.45) is 1.90. The van der Waals surface area contributed by atoms with E-state index in [2.05, 4.69) is 187 Å². The molecule has 0 atom stereocenters. The second kappa shape index (κ2) is 16.1. The van der Waals surface area contributed by atoms with Crippen molar-refractivity contribution < 1.29 is 6.48 Å². The van der Waals surface area contributed by atoms with Crippen molar-refractivity contribution in [1.29, 1.82) is 0 Å². The molecule has 2 aromatic heterocycles. The van der Waals surface area contributed by atoms with Gasteiger partial charge < -0.3 is 5.11 Å². The van der Waals surface area contributed by atoms with Crippen LogP contribution in [-0.2, 0) is 5.41 Å². The fourth-order valence-corrected chi connectivity index (χ4v) is 8.10. The topological polar surface area (TPSA) is 50.9 Å². The molecule has 0 amide bonds. The Hall–Kier alpha value is -6.26. The lowest BCUT2D eigenvalue weighted by molar-refractivity contribution is 0.466. The van der Waals surface area contributed by atoms with E-state index in [9.17, 15) is 6.48 Å². The lowest BCUT2D eigenvalue weighted by Crippen LogP contribution is -2.11. The van der Waals surface area contributed by atoms with E-state index in [0.29, 0.717) is 11.4 Å². The van der Waals surface area contributed by atoms with Crippen LogP contribution in [0.4, 0.5) is 0 Å². The van der Waals surface area contributed by atoms with Crippen LogP contribution in [0.2, 0.25) is 0 Å². The average molecular weight is 789 g/mol. The minimum atomic E-state index is -0.875. The Morgan fingerprint density at radius 2 is 1.32 bits per heavy atom. The molecule has 0 spiro atoms. The first-order valence-electron chi connectivity index (χ1n) is 21.8. The molecule has 0 saturated heterocycles. The van der Waals surface area contributed by atoms with Crippen LogP contribution in [0.3, 0.4) is 0 Å². The molecule has 8 rings (SSSR count). The standard InChI is InChI=1S/C56H57N3O/c1-34(2)41-25-43(38-15-12-11-13-16-38)30-47(29-41)59-52-18-14-17-48(53(52)58-55(59)50-32-42(35(3)4)31-49(36(5)6)54(50)60)44-26-45(28-46(27-44)56(8,9)10)51-33-40(23-24-57-51)39-21-19-37(7)20-22-39/h11-36,60H,1-10H3/i34D. The van der Waals surface area contributed by atoms with E-state index in [1.54, 1.807) is 0 Å². The summed E-state index contributed by atoms with van der Waals surface area (Å²) >= 11 is 0. The van der Waals surface area contributed by atoms with E-state index in [4.69, 9.17) is 9.97 Å². The Bertz CT molecular complexity index is 2890. The van der Waals surface area contributed by atoms with E-state index >= 15 is 0 Å². The Kier molecular flexibility index (Phi) is 10.5. The van der Waals surface area contributed by atoms with Crippen molar-refractivity contribution in [1.82, 2.24) is 14.5 Å². The van der Waals surface area contributed by atoms with Gasteiger partial charge in [0.25, 0.3) is 0 Å². The summed E-state index contributed by atoms with van der Waals surface area (Å²) in [7, 11) is 0. The number of pyridine rings is 1. The Labute approximate surface area is 358 Å². The molecule has 1 N–H and O–H groups in total. The van der Waals surface area contributed by atoms with E-state index in [1.165, 1.54) is 11.1 Å². The zero-order chi connectivity index (χ0) is 43.4. The number of hydrogen-bond acceptors (Lipinski definition) is 3. The SMILES string of the molecule is [2H]C(C)(C)c1cc(-c2ccccc2)cc(-n2c(-c3cc(C(C)C)cc(C(C)C)c3O)nc3c(-c4cc(-c5cc(-c6ccc(C)cc6)ccn5)cc(C(C)(C)C)c4)cccc32)c1. The Morgan fingerprint density at radius 3 is 2.00 bits per heavy atom. The number of para-hydroxylation sites is 1. The highest BCUT2D eigenvalue weighted by atomic mass is 16.3. The number of phenols is 1. The van der Waals surface area contributed by atoms with Gasteiger partial charge in [0.2, 0.25) is 0 Å². The summed E-state index contributed by atoms with van der Waals surface area (Å²) in [6.45, 7) is 21.4. The van der Waals surface area contributed by atoms with Gasteiger partial charge in [0.15, 0.2) is 0 Å². The van der Waals surface area contributed by atoms with Crippen LogP contribution in [-0.4, -0.2) is 19.6 Å². The van der Waals surface area contributed by atoms with E-state index in [-0.39, 0.29) is 23.0 Å². The molecular weight excluding hydrogens is 731 g/mol. The van der Waals surface area contributed by atoms with Gasteiger partial charge in [-0.1, -0.05) is 153 Å². The number of aromatic nitrogens is 3. The zero-order valence-corrected chi connectivity index (χ0v) is 36.7. The molecule has 0 aliphatic carbocycles. The maximum Gasteiger partial charge on any atom is 0.149 e. The number of benzene rings is 6. The minimum Gasteiger partial charge on any atom is -0.507 e. The Balaban J connectivity index is 1.43. The molecule has 0 aliphatic rings. The maximum atomic E-state index is 12.2. The average Bonchev–Trinajstić information content (AvgIpc) is 3.63. The van der Waals surface area contributed by atoms with Crippen LogP contribution in [0.1, 0.15) is 109 Å². The normalized spacial score (nSPS) is 12.4. The number of aryl methyl sites for hydroxylation is 1. The fourth-order valence-electron chi connectivity index (χ4n) is 8.10. The van der Waals surface area contributed by atoms with Crippen molar-refractivity contribution in [3.63, 3.8) is 0 Å². The second-order valence-corrected chi connectivity index (χ2v) is 18.2. The third-order valence-corrected chi connectivity index (χ3v) is 11.8. The van der Waals surface area contributed by atoms with Gasteiger partial charge >= 0.3 is 0 Å². The monoisotopic (exact) mass is 788 g/mol. The Morgan fingerprint density at radius 1 is 0.600 bits per heavy atom. The number of nitrogens with zero attached hydrogens (tertiary/aromatic N) is 3. The van der Waals surface area contributed by atoms with Crippen LogP contribution >= 0.6 is 0 Å². The highest BCUT2D eigenvalue weighted by Crippen LogP contribution is 2.44. The van der Waals surface area contributed by atoms with E-state index in [1.807, 2.05) is 26.1 Å². The molecule has 0 bridgehead atoms. The van der Waals surface area contributed by atoms with Crippen molar-refractivity contribution in [3.05, 3.63) is 167 Å². The van der Waals surface area contributed by atoms with Crippen molar-refractivity contribution in [3.8, 4) is 67.5 Å². The summed E-state index contributed by atoms with van der Waals surface area (Å²) in [5.74, 6) is 0.358. The number of fused-ring (bicyclic) bond motifs is 1. The highest BCUT2D eigenvalue weighted by molar-refractivity contribution is 5.97. The first kappa shape index (κ1) is 39.2. The van der Waals surface area contributed by atoms with Gasteiger partial charge in [-0.25, -0.2) is 4.98 Å². The number of hydrogen-bond donors (Lipinski definition) is 1. The van der Waals surface area contributed by atoms with E-state index < -0.39 is 5.89 Å². The van der Waals surface area contributed by atoms with Gasteiger partial charge in [0, 0.05) is 24.4 Å². The molecule has 0 aliphatic heterocycles. The largest absolute Gasteiger partial charge is 0.507 e. The summed E-state index contributed by atoms with van der Waals surface area (Å²) in [5.41, 5.74) is 16.9. The van der Waals surface area contributed by atoms with Crippen LogP contribution in [0.15, 0.2) is 140 Å². The van der Waals surface area contributed by atoms with Crippen molar-refractivity contribution in [2.75, 3.05) is 0 Å². The molecule has 4 heteroatoms. The number of rotatable bonds is 9. The number of imidazole rings is 1. The highest BCUT2D eigenvalue weighted by Gasteiger charge is 2.25. The molecule has 0 saturated carbocycles. The molecule has 60 heavy (non-hydrogen) atoms. The van der Waals surface area contributed by atoms with Gasteiger partial charge in [0.1, 0.15) is 11.6 Å². The minimum absolute atomic E-state index is 0.0969. The van der Waals surface area contributed by atoms with Crippen LogP contribution in [0.25, 0.3) is 72.7 Å². The van der Waals surface area contributed by atoms with Crippen LogP contribution < -0.4 is 0 Å². The first-order chi connectivity index (χ1) is 29.0. The molecule has 6 aromatic carbocycles. The van der Waals surface area contributed by atoms with Crippen molar-refractivity contribution >= 4 is 11.0 Å². The first-order valence-corrected chi connectivity index (χ1v) is 21.3. The van der Waals surface area contributed by atoms with E-state index in [0.717, 1.165) is 78.0 Å². The summed E-state index contributed by atoms with van der Waals surface area (Å²) in [5, 5.41) is 12.2. The lowest BCUT2D eigenvalue weighted by Gasteiger charge is -2.22. The van der Waals surface area contributed by atoms with Gasteiger partial charge in [0.05, 0.1) is 22.3 Å². The molecule has 0 radical (unpaired) electrons. The molecule has 4 nitrogen and oxygen atoms in total. The molecule has 302 valence electrons. The predicted octanol–water partition coefficient (Wildman–Crippen LogP) is 15.4.